The van der Waals surface area contributed by atoms with Gasteiger partial charge in [0.2, 0.25) is 0 Å². The van der Waals surface area contributed by atoms with E-state index >= 15 is 0 Å². The van der Waals surface area contributed by atoms with E-state index in [9.17, 15) is 0 Å². The predicted octanol–water partition coefficient (Wildman–Crippen LogP) is 2.49. The minimum Gasteiger partial charge on any atom is -0.319 e. The lowest BCUT2D eigenvalue weighted by Gasteiger charge is -2.18. The first kappa shape index (κ1) is 13.2. The van der Waals surface area contributed by atoms with Crippen LogP contribution in [0.5, 0.6) is 0 Å². The summed E-state index contributed by atoms with van der Waals surface area (Å²) in [5.41, 5.74) is 3.29. The fraction of sp³-hybridized carbons (Fsp3) is 0.200. The summed E-state index contributed by atoms with van der Waals surface area (Å²) in [7, 11) is 7.68. The molecular weight excluding hydrogens is 240 g/mol. The highest BCUT2D eigenvalue weighted by molar-refractivity contribution is 6.32. The maximum absolute atomic E-state index is 5.93. The summed E-state index contributed by atoms with van der Waals surface area (Å²) in [5, 5.41) is 3.99. The van der Waals surface area contributed by atoms with Crippen molar-refractivity contribution >= 4 is 24.9 Å². The van der Waals surface area contributed by atoms with Crippen LogP contribution in [0.3, 0.4) is 0 Å². The Morgan fingerprint density at radius 3 is 2.00 bits per heavy atom. The van der Waals surface area contributed by atoms with Crippen LogP contribution in [0.15, 0.2) is 48.5 Å². The summed E-state index contributed by atoms with van der Waals surface area (Å²) < 4.78 is 0. The summed E-state index contributed by atoms with van der Waals surface area (Å²) in [5.74, 6) is 0.313. The smallest absolute Gasteiger partial charge is 0.113 e. The van der Waals surface area contributed by atoms with Crippen molar-refractivity contribution in [2.45, 2.75) is 5.92 Å². The van der Waals surface area contributed by atoms with Gasteiger partial charge in [-0.2, -0.15) is 0 Å². The third kappa shape index (κ3) is 3.15. The van der Waals surface area contributed by atoms with Gasteiger partial charge in [-0.1, -0.05) is 53.5 Å². The maximum Gasteiger partial charge on any atom is 0.113 e. The van der Waals surface area contributed by atoms with Gasteiger partial charge in [-0.15, -0.1) is 0 Å². The van der Waals surface area contributed by atoms with Crippen molar-refractivity contribution in [3.63, 3.8) is 0 Å². The van der Waals surface area contributed by atoms with E-state index in [-0.39, 0.29) is 0 Å². The second-order valence-electron chi connectivity index (χ2n) is 4.33. The van der Waals surface area contributed by atoms with Gasteiger partial charge < -0.3 is 5.32 Å². The number of hydrogen-bond acceptors (Lipinski definition) is 1. The Balaban J connectivity index is 2.33. The fourth-order valence-corrected chi connectivity index (χ4v) is 2.18. The van der Waals surface area contributed by atoms with Crippen molar-refractivity contribution < 1.29 is 0 Å². The summed E-state index contributed by atoms with van der Waals surface area (Å²) in [6, 6.07) is 16.0. The highest BCUT2D eigenvalue weighted by Crippen LogP contribution is 2.24. The molecule has 2 aromatic carbocycles. The van der Waals surface area contributed by atoms with Crippen LogP contribution in [-0.2, 0) is 0 Å². The molecule has 0 fully saturated rings. The molecule has 1 nitrogen and oxygen atoms in total. The molecule has 1 N–H and O–H groups in total. The number of rotatable bonds is 4. The summed E-state index contributed by atoms with van der Waals surface area (Å²) in [4.78, 5) is 0. The zero-order valence-corrected chi connectivity index (χ0v) is 11.1. The summed E-state index contributed by atoms with van der Waals surface area (Å²) >= 11 is 5.93. The quantitative estimate of drug-likeness (QED) is 0.828. The van der Waals surface area contributed by atoms with Crippen molar-refractivity contribution in [3.8, 4) is 0 Å². The minimum atomic E-state index is 0.313. The van der Waals surface area contributed by atoms with Gasteiger partial charge in [0.1, 0.15) is 7.85 Å². The molecule has 0 heterocycles. The summed E-state index contributed by atoms with van der Waals surface area (Å²) in [6.45, 7) is 0.881. The highest BCUT2D eigenvalue weighted by atomic mass is 35.5. The van der Waals surface area contributed by atoms with Gasteiger partial charge in [-0.05, 0) is 30.3 Å². The van der Waals surface area contributed by atoms with E-state index in [2.05, 4.69) is 29.6 Å². The molecule has 2 rings (SSSR count). The number of halogens is 1. The predicted molar refractivity (Wildman–Crippen MR) is 79.1 cm³/mol. The Kier molecular flexibility index (Phi) is 4.46. The molecule has 2 aromatic rings. The largest absolute Gasteiger partial charge is 0.319 e. The zero-order valence-electron chi connectivity index (χ0n) is 10.4. The first-order valence-corrected chi connectivity index (χ1v) is 6.34. The first-order chi connectivity index (χ1) is 8.70. The van der Waals surface area contributed by atoms with Crippen LogP contribution >= 0.6 is 11.6 Å². The Hall–Kier alpha value is -1.25. The lowest BCUT2D eigenvalue weighted by Crippen LogP contribution is -2.18. The third-order valence-corrected chi connectivity index (χ3v) is 3.27. The molecule has 1 unspecified atom stereocenters. The normalized spacial score (nSPS) is 12.3. The van der Waals surface area contributed by atoms with Crippen LogP contribution in [0.1, 0.15) is 17.0 Å². The molecule has 0 saturated carbocycles. The van der Waals surface area contributed by atoms with Crippen LogP contribution < -0.4 is 10.8 Å². The second kappa shape index (κ2) is 6.08. The van der Waals surface area contributed by atoms with Gasteiger partial charge in [-0.25, -0.2) is 0 Å². The van der Waals surface area contributed by atoms with Crippen LogP contribution in [-0.4, -0.2) is 21.4 Å². The van der Waals surface area contributed by atoms with Crippen LogP contribution in [0.4, 0.5) is 0 Å². The standard InChI is InChI=1S/C15H15BClN/c1-18-10-15(11-2-6-13(16)7-3-11)12-4-8-14(17)9-5-12/h2-9,15,18H,10H2,1H3. The number of benzene rings is 2. The van der Waals surface area contributed by atoms with Crippen molar-refractivity contribution in [3.05, 3.63) is 64.7 Å². The van der Waals surface area contributed by atoms with Gasteiger partial charge in [0.05, 0.1) is 0 Å². The lowest BCUT2D eigenvalue weighted by molar-refractivity contribution is 0.708. The number of nitrogens with one attached hydrogen (secondary N) is 1. The molecule has 3 heteroatoms. The lowest BCUT2D eigenvalue weighted by atomic mass is 9.88. The van der Waals surface area contributed by atoms with E-state index in [1.807, 2.05) is 31.3 Å². The average molecular weight is 256 g/mol. The molecular formula is C15H15BClN. The zero-order chi connectivity index (χ0) is 13.0. The molecule has 1 atom stereocenters. The average Bonchev–Trinajstić information content (AvgIpc) is 2.39. The van der Waals surface area contributed by atoms with Gasteiger partial charge >= 0.3 is 0 Å². The van der Waals surface area contributed by atoms with Gasteiger partial charge in [0.25, 0.3) is 0 Å². The molecule has 0 aromatic heterocycles. The molecule has 0 spiro atoms. The van der Waals surface area contributed by atoms with Gasteiger partial charge in [0, 0.05) is 17.5 Å². The number of hydrogen-bond donors (Lipinski definition) is 1. The van der Waals surface area contributed by atoms with Crippen molar-refractivity contribution in [2.75, 3.05) is 13.6 Å². The Labute approximate surface area is 115 Å². The van der Waals surface area contributed by atoms with Crippen molar-refractivity contribution in [1.29, 1.82) is 0 Å². The Morgan fingerprint density at radius 2 is 1.50 bits per heavy atom. The molecule has 0 aliphatic carbocycles. The van der Waals surface area contributed by atoms with Crippen molar-refractivity contribution in [2.24, 2.45) is 0 Å². The third-order valence-electron chi connectivity index (χ3n) is 3.02. The van der Waals surface area contributed by atoms with E-state index in [0.717, 1.165) is 17.0 Å². The molecule has 0 bridgehead atoms. The SMILES string of the molecule is [B]c1ccc(C(CNC)c2ccc(Cl)cc2)cc1. The molecule has 0 aliphatic rings. The molecule has 0 amide bonds. The first-order valence-electron chi connectivity index (χ1n) is 5.96. The minimum absolute atomic E-state index is 0.313. The van der Waals surface area contributed by atoms with Crippen molar-refractivity contribution in [1.82, 2.24) is 5.32 Å². The molecule has 2 radical (unpaired) electrons. The maximum atomic E-state index is 5.93. The van der Waals surface area contributed by atoms with Gasteiger partial charge in [-0.3, -0.25) is 0 Å². The monoisotopic (exact) mass is 255 g/mol. The van der Waals surface area contributed by atoms with Crippen LogP contribution in [0.2, 0.25) is 5.02 Å². The van der Waals surface area contributed by atoms with E-state index in [1.54, 1.807) is 0 Å². The van der Waals surface area contributed by atoms with E-state index < -0.39 is 0 Å². The molecule has 0 saturated heterocycles. The van der Waals surface area contributed by atoms with E-state index in [1.165, 1.54) is 11.1 Å². The topological polar surface area (TPSA) is 12.0 Å². The number of likely N-dealkylation sites (N-methyl/N-ethyl adjacent to an activating group) is 1. The van der Waals surface area contributed by atoms with E-state index in [4.69, 9.17) is 19.4 Å². The van der Waals surface area contributed by atoms with Crippen LogP contribution in [0.25, 0.3) is 0 Å². The molecule has 0 aliphatic heterocycles. The molecule has 90 valence electrons. The highest BCUT2D eigenvalue weighted by Gasteiger charge is 2.12. The van der Waals surface area contributed by atoms with E-state index in [0.29, 0.717) is 5.92 Å². The Bertz CT molecular complexity index is 447. The summed E-state index contributed by atoms with van der Waals surface area (Å²) in [6.07, 6.45) is 0. The van der Waals surface area contributed by atoms with Crippen LogP contribution in [0, 0.1) is 0 Å². The van der Waals surface area contributed by atoms with Gasteiger partial charge in [0.15, 0.2) is 0 Å². The second-order valence-corrected chi connectivity index (χ2v) is 4.76. The Morgan fingerprint density at radius 1 is 1.00 bits per heavy atom. The fourth-order valence-electron chi connectivity index (χ4n) is 2.06. The molecule has 18 heavy (non-hydrogen) atoms.